The number of hydrogen-bond acceptors (Lipinski definition) is 16. The second-order valence-corrected chi connectivity index (χ2v) is 21.1. The van der Waals surface area contributed by atoms with E-state index in [1.165, 1.54) is 25.7 Å². The molecular weight excluding hydrogens is 784 g/mol. The van der Waals surface area contributed by atoms with E-state index >= 15 is 0 Å². The smallest absolute Gasteiger partial charge is 0.187 e. The first kappa shape index (κ1) is 44.6. The quantitative estimate of drug-likeness (QED) is 0.166. The van der Waals surface area contributed by atoms with Crippen molar-refractivity contribution in [3.05, 3.63) is 0 Å². The van der Waals surface area contributed by atoms with Gasteiger partial charge in [0.05, 0.1) is 38.1 Å². The molecule has 60 heavy (non-hydrogen) atoms. The fourth-order valence-electron chi connectivity index (χ4n) is 14.3. The lowest BCUT2D eigenvalue weighted by Crippen LogP contribution is -2.64. The monoisotopic (exact) mass is 856 g/mol. The third kappa shape index (κ3) is 7.27. The number of aliphatic hydroxyl groups excluding tert-OH is 8. The molecule has 5 aliphatic heterocycles. The predicted molar refractivity (Wildman–Crippen MR) is 208 cm³/mol. The van der Waals surface area contributed by atoms with E-state index in [2.05, 4.69) is 27.7 Å². The Labute approximate surface area is 353 Å². The molecule has 5 saturated heterocycles. The molecule has 4 aliphatic carbocycles. The first-order valence-electron chi connectivity index (χ1n) is 23.1. The molecule has 5 heterocycles. The van der Waals surface area contributed by atoms with E-state index < -0.39 is 98.4 Å². The molecule has 8 N–H and O–H groups in total. The Morgan fingerprint density at radius 1 is 0.633 bits per heavy atom. The van der Waals surface area contributed by atoms with Crippen molar-refractivity contribution in [1.82, 2.24) is 0 Å². The van der Waals surface area contributed by atoms with Gasteiger partial charge in [-0.05, 0) is 111 Å². The first-order valence-corrected chi connectivity index (χ1v) is 23.1. The minimum Gasteiger partial charge on any atom is -0.394 e. The molecule has 9 rings (SSSR count). The number of ether oxygens (including phenoxy) is 8. The molecule has 0 bridgehead atoms. The standard InChI is InChI=1S/C44H72O16/c1-19-8-13-44(54-17-19)20(2)30-27(60-44)15-26-24-7-6-22-14-23(9-11-42(22,4)25(24)10-12-43(26,30)5)56-41-38(35(50)31(46)21(3)55-41)59-39-36(51)33(48)29(18-53-39)58-40-37(52)34(49)32(47)28(16-45)57-40/h19-41,45-52H,6-18H2,1-5H3. The summed E-state index contributed by atoms with van der Waals surface area (Å²) in [6, 6.07) is 0. The molecule has 1 spiro atoms. The van der Waals surface area contributed by atoms with Crippen LogP contribution in [-0.2, 0) is 37.9 Å². The Balaban J connectivity index is 0.825. The van der Waals surface area contributed by atoms with Crippen LogP contribution in [0.2, 0.25) is 0 Å². The zero-order valence-electron chi connectivity index (χ0n) is 35.8. The summed E-state index contributed by atoms with van der Waals surface area (Å²) in [5, 5.41) is 84.6. The van der Waals surface area contributed by atoms with Gasteiger partial charge >= 0.3 is 0 Å². The molecule has 9 fully saturated rings. The zero-order valence-corrected chi connectivity index (χ0v) is 35.8. The molecular formula is C44H72O16. The summed E-state index contributed by atoms with van der Waals surface area (Å²) in [5.74, 6) is 3.51. The van der Waals surface area contributed by atoms with Crippen LogP contribution in [0.3, 0.4) is 0 Å². The lowest BCUT2D eigenvalue weighted by molar-refractivity contribution is -0.373. The molecule has 9 aliphatic rings. The number of fused-ring (bicyclic) bond motifs is 7. The highest BCUT2D eigenvalue weighted by molar-refractivity contribution is 5.15. The summed E-state index contributed by atoms with van der Waals surface area (Å²) in [6.07, 6.45) is -9.06. The predicted octanol–water partition coefficient (Wildman–Crippen LogP) is 0.933. The lowest BCUT2D eigenvalue weighted by atomic mass is 9.44. The van der Waals surface area contributed by atoms with Crippen LogP contribution in [0.1, 0.15) is 98.8 Å². The SMILES string of the molecule is CC1CCC2(OC1)OC1CC3C4CCC5CC(OC6OC(C)C(O)C(O)C6OC6OCC(OC7OC(CO)C(O)C(O)C7O)C(O)C6O)CCC5(C)C4CCC3(C)C1C2C. The normalized spacial score (nSPS) is 59.2. The van der Waals surface area contributed by atoms with Crippen LogP contribution in [0.25, 0.3) is 0 Å². The van der Waals surface area contributed by atoms with Gasteiger partial charge in [-0.25, -0.2) is 0 Å². The van der Waals surface area contributed by atoms with E-state index in [4.69, 9.17) is 37.9 Å². The highest BCUT2D eigenvalue weighted by Gasteiger charge is 2.69. The van der Waals surface area contributed by atoms with Crippen LogP contribution in [0.4, 0.5) is 0 Å². The molecule has 0 radical (unpaired) electrons. The van der Waals surface area contributed by atoms with Crippen LogP contribution in [-0.4, -0.2) is 165 Å². The van der Waals surface area contributed by atoms with E-state index in [-0.39, 0.29) is 29.6 Å². The van der Waals surface area contributed by atoms with Gasteiger partial charge in [0, 0.05) is 12.3 Å². The van der Waals surface area contributed by atoms with Crippen LogP contribution in [0.5, 0.6) is 0 Å². The topological polar surface area (TPSA) is 236 Å². The second-order valence-electron chi connectivity index (χ2n) is 21.1. The number of aliphatic hydroxyl groups is 8. The van der Waals surface area contributed by atoms with Gasteiger partial charge in [-0.1, -0.05) is 27.7 Å². The van der Waals surface area contributed by atoms with E-state index in [0.717, 1.165) is 45.1 Å². The summed E-state index contributed by atoms with van der Waals surface area (Å²) in [4.78, 5) is 0. The van der Waals surface area contributed by atoms with E-state index in [1.807, 2.05) is 0 Å². The highest BCUT2D eigenvalue weighted by atomic mass is 16.8. The Morgan fingerprint density at radius 3 is 2.12 bits per heavy atom. The minimum atomic E-state index is -1.72. The van der Waals surface area contributed by atoms with Crippen molar-refractivity contribution in [2.75, 3.05) is 19.8 Å². The average Bonchev–Trinajstić information content (AvgIpc) is 3.68. The first-order chi connectivity index (χ1) is 28.5. The van der Waals surface area contributed by atoms with Gasteiger partial charge in [0.15, 0.2) is 24.7 Å². The number of hydrogen-bond donors (Lipinski definition) is 8. The van der Waals surface area contributed by atoms with Gasteiger partial charge in [0.1, 0.15) is 61.0 Å². The number of rotatable bonds is 7. The molecule has 16 nitrogen and oxygen atoms in total. The van der Waals surface area contributed by atoms with Gasteiger partial charge in [0.2, 0.25) is 0 Å². The van der Waals surface area contributed by atoms with Gasteiger partial charge in [-0.3, -0.25) is 0 Å². The van der Waals surface area contributed by atoms with Gasteiger partial charge in [-0.15, -0.1) is 0 Å². The summed E-state index contributed by atoms with van der Waals surface area (Å²) < 4.78 is 49.3. The molecule has 4 saturated carbocycles. The van der Waals surface area contributed by atoms with E-state index in [0.29, 0.717) is 41.4 Å². The van der Waals surface area contributed by atoms with Gasteiger partial charge in [-0.2, -0.15) is 0 Å². The molecule has 0 aromatic heterocycles. The summed E-state index contributed by atoms with van der Waals surface area (Å²) >= 11 is 0. The zero-order chi connectivity index (χ0) is 42.6. The molecule has 26 atom stereocenters. The van der Waals surface area contributed by atoms with Gasteiger partial charge < -0.3 is 78.7 Å². The van der Waals surface area contributed by atoms with Crippen LogP contribution >= 0.6 is 0 Å². The molecule has 344 valence electrons. The Kier molecular flexibility index (Phi) is 12.4. The van der Waals surface area contributed by atoms with Crippen molar-refractivity contribution >= 4 is 0 Å². The maximum Gasteiger partial charge on any atom is 0.187 e. The van der Waals surface area contributed by atoms with Crippen molar-refractivity contribution in [1.29, 1.82) is 0 Å². The van der Waals surface area contributed by atoms with Crippen LogP contribution in [0.15, 0.2) is 0 Å². The maximum atomic E-state index is 11.3. The van der Waals surface area contributed by atoms with Crippen molar-refractivity contribution in [2.24, 2.45) is 52.3 Å². The fourth-order valence-corrected chi connectivity index (χ4v) is 14.3. The Morgan fingerprint density at radius 2 is 1.38 bits per heavy atom. The summed E-state index contributed by atoms with van der Waals surface area (Å²) in [7, 11) is 0. The summed E-state index contributed by atoms with van der Waals surface area (Å²) in [6.45, 7) is 11.2. The van der Waals surface area contributed by atoms with Crippen LogP contribution in [0, 0.1) is 52.3 Å². The Bertz CT molecular complexity index is 1500. The Hall–Kier alpha value is -0.640. The minimum absolute atomic E-state index is 0.175. The van der Waals surface area contributed by atoms with E-state index in [1.54, 1.807) is 6.92 Å². The average molecular weight is 857 g/mol. The van der Waals surface area contributed by atoms with Crippen LogP contribution < -0.4 is 0 Å². The van der Waals surface area contributed by atoms with Crippen molar-refractivity contribution in [3.63, 3.8) is 0 Å². The van der Waals surface area contributed by atoms with Crippen molar-refractivity contribution in [3.8, 4) is 0 Å². The van der Waals surface area contributed by atoms with Crippen molar-refractivity contribution < 1.29 is 78.7 Å². The molecule has 0 aromatic rings. The third-order valence-corrected chi connectivity index (χ3v) is 17.9. The maximum absolute atomic E-state index is 11.3. The molecule has 26 unspecified atom stereocenters. The summed E-state index contributed by atoms with van der Waals surface area (Å²) in [5.41, 5.74) is 0.429. The molecule has 16 heteroatoms. The third-order valence-electron chi connectivity index (χ3n) is 17.9. The molecule has 0 aromatic carbocycles. The van der Waals surface area contributed by atoms with E-state index in [9.17, 15) is 40.9 Å². The second kappa shape index (κ2) is 16.7. The largest absolute Gasteiger partial charge is 0.394 e. The molecule has 0 amide bonds. The van der Waals surface area contributed by atoms with Crippen molar-refractivity contribution in [2.45, 2.75) is 203 Å². The van der Waals surface area contributed by atoms with Gasteiger partial charge in [0.25, 0.3) is 0 Å². The fraction of sp³-hybridized carbons (Fsp3) is 1.00. The lowest BCUT2D eigenvalue weighted by Gasteiger charge is -2.61. The highest BCUT2D eigenvalue weighted by Crippen LogP contribution is 2.71.